The molecule has 0 saturated carbocycles. The quantitative estimate of drug-likeness (QED) is 0.473. The van der Waals surface area contributed by atoms with Gasteiger partial charge in [-0.05, 0) is 25.5 Å². The summed E-state index contributed by atoms with van der Waals surface area (Å²) in [5.74, 6) is 1.84. The average molecular weight is 379 g/mol. The Kier molecular flexibility index (Phi) is 7.22. The fourth-order valence-corrected chi connectivity index (χ4v) is 2.09. The number of β-amino-alcohol motifs (C(OH)–C–C–N with tert-alkyl or cyclic N) is 1. The number of furan rings is 1. The van der Waals surface area contributed by atoms with Gasteiger partial charge in [0.05, 0.1) is 12.4 Å². The molecule has 0 spiro atoms. The number of halogens is 1. The number of likely N-dealkylation sites (tertiary alicyclic amines) is 1. The molecule has 0 radical (unpaired) electrons. The van der Waals surface area contributed by atoms with Crippen LogP contribution in [0.15, 0.2) is 27.8 Å². The number of guanidine groups is 1. The smallest absolute Gasteiger partial charge is 0.194 e. The summed E-state index contributed by atoms with van der Waals surface area (Å²) in [4.78, 5) is 6.67. The molecule has 1 aliphatic rings. The van der Waals surface area contributed by atoms with E-state index in [0.29, 0.717) is 13.1 Å². The monoisotopic (exact) mass is 379 g/mol. The number of rotatable bonds is 4. The number of aliphatic hydroxyl groups is 1. The maximum Gasteiger partial charge on any atom is 0.194 e. The molecule has 0 unspecified atom stereocenters. The van der Waals surface area contributed by atoms with Gasteiger partial charge in [-0.3, -0.25) is 4.99 Å². The second kappa shape index (κ2) is 8.42. The summed E-state index contributed by atoms with van der Waals surface area (Å²) in [7, 11) is 0. The number of nitrogens with zero attached hydrogens (tertiary/aromatic N) is 2. The van der Waals surface area contributed by atoms with Crippen molar-refractivity contribution >= 4 is 29.9 Å². The molecule has 2 N–H and O–H groups in total. The lowest BCUT2D eigenvalue weighted by atomic mass is 10.3. The first kappa shape index (κ1) is 16.3. The number of aliphatic hydroxyl groups excluding tert-OH is 1. The third-order valence-electron chi connectivity index (χ3n) is 3.00. The van der Waals surface area contributed by atoms with Gasteiger partial charge in [-0.1, -0.05) is 0 Å². The molecule has 1 aromatic rings. The zero-order chi connectivity index (χ0) is 12.8. The Hall–Kier alpha value is -0.760. The Balaban J connectivity index is 0.00000180. The third kappa shape index (κ3) is 5.02. The molecule has 19 heavy (non-hydrogen) atoms. The summed E-state index contributed by atoms with van der Waals surface area (Å²) in [6.45, 7) is 5.13. The number of aliphatic imine (C=N–C) groups is 1. The van der Waals surface area contributed by atoms with E-state index >= 15 is 0 Å². The average Bonchev–Trinajstić information content (AvgIpc) is 2.99. The Labute approximate surface area is 131 Å². The van der Waals surface area contributed by atoms with E-state index in [1.807, 2.05) is 12.1 Å². The van der Waals surface area contributed by atoms with E-state index in [2.05, 4.69) is 22.1 Å². The largest absolute Gasteiger partial charge is 0.469 e. The molecule has 2 heterocycles. The van der Waals surface area contributed by atoms with Crippen LogP contribution in [-0.4, -0.2) is 48.2 Å². The Morgan fingerprint density at radius 2 is 2.47 bits per heavy atom. The number of nitrogens with one attached hydrogen (secondary N) is 1. The van der Waals surface area contributed by atoms with Crippen molar-refractivity contribution in [2.45, 2.75) is 25.9 Å². The fourth-order valence-electron chi connectivity index (χ4n) is 2.09. The minimum atomic E-state index is -0.223. The second-order valence-electron chi connectivity index (χ2n) is 4.45. The summed E-state index contributed by atoms with van der Waals surface area (Å²) < 4.78 is 5.27. The molecule has 0 aromatic carbocycles. The summed E-state index contributed by atoms with van der Waals surface area (Å²) in [5.41, 5.74) is 0. The first-order valence-corrected chi connectivity index (χ1v) is 6.53. The van der Waals surface area contributed by atoms with Gasteiger partial charge in [0.2, 0.25) is 0 Å². The lowest BCUT2D eigenvalue weighted by Crippen LogP contribution is -2.40. The van der Waals surface area contributed by atoms with E-state index < -0.39 is 0 Å². The van der Waals surface area contributed by atoms with Crippen molar-refractivity contribution in [3.05, 3.63) is 24.2 Å². The van der Waals surface area contributed by atoms with Gasteiger partial charge in [0.25, 0.3) is 0 Å². The van der Waals surface area contributed by atoms with Crippen molar-refractivity contribution < 1.29 is 9.52 Å². The summed E-state index contributed by atoms with van der Waals surface area (Å²) in [6, 6.07) is 3.85. The molecule has 6 heteroatoms. The zero-order valence-electron chi connectivity index (χ0n) is 11.2. The lowest BCUT2D eigenvalue weighted by molar-refractivity contribution is 0.188. The van der Waals surface area contributed by atoms with E-state index in [-0.39, 0.29) is 30.1 Å². The van der Waals surface area contributed by atoms with Crippen molar-refractivity contribution in [1.29, 1.82) is 0 Å². The van der Waals surface area contributed by atoms with Crippen LogP contribution in [0.2, 0.25) is 0 Å². The summed E-state index contributed by atoms with van der Waals surface area (Å²) in [5, 5.41) is 12.8. The Bertz CT molecular complexity index is 381. The molecule has 2 rings (SSSR count). The van der Waals surface area contributed by atoms with Crippen LogP contribution in [0.25, 0.3) is 0 Å². The molecule has 1 saturated heterocycles. The molecular weight excluding hydrogens is 357 g/mol. The molecule has 108 valence electrons. The van der Waals surface area contributed by atoms with Gasteiger partial charge >= 0.3 is 0 Å². The maximum absolute atomic E-state index is 9.55. The predicted molar refractivity (Wildman–Crippen MR) is 86.0 cm³/mol. The van der Waals surface area contributed by atoms with Crippen LogP contribution in [-0.2, 0) is 6.42 Å². The SMILES string of the molecule is CCNC(=NCCc1ccco1)N1CC[C@@H](O)C1.I. The van der Waals surface area contributed by atoms with Crippen LogP contribution >= 0.6 is 24.0 Å². The topological polar surface area (TPSA) is 61.0 Å². The molecule has 1 atom stereocenters. The standard InChI is InChI=1S/C13H21N3O2.HI/c1-2-14-13(16-8-6-11(17)10-16)15-7-5-12-4-3-9-18-12;/h3-4,9,11,17H,2,5-8,10H2,1H3,(H,14,15);1H/t11-;/m1./s1. The minimum Gasteiger partial charge on any atom is -0.469 e. The number of hydrogen-bond acceptors (Lipinski definition) is 3. The third-order valence-corrected chi connectivity index (χ3v) is 3.00. The van der Waals surface area contributed by atoms with Gasteiger partial charge in [-0.25, -0.2) is 0 Å². The van der Waals surface area contributed by atoms with Gasteiger partial charge in [-0.15, -0.1) is 24.0 Å². The van der Waals surface area contributed by atoms with Gasteiger partial charge in [0.1, 0.15) is 5.76 Å². The predicted octanol–water partition coefficient (Wildman–Crippen LogP) is 1.47. The van der Waals surface area contributed by atoms with E-state index in [0.717, 1.165) is 37.7 Å². The first-order chi connectivity index (χ1) is 8.79. The second-order valence-corrected chi connectivity index (χ2v) is 4.45. The molecule has 0 bridgehead atoms. The molecule has 1 aliphatic heterocycles. The molecule has 0 aliphatic carbocycles. The van der Waals surface area contributed by atoms with Crippen molar-refractivity contribution in [2.24, 2.45) is 4.99 Å². The highest BCUT2D eigenvalue weighted by atomic mass is 127. The molecule has 1 aromatic heterocycles. The van der Waals surface area contributed by atoms with Crippen LogP contribution in [0, 0.1) is 0 Å². The van der Waals surface area contributed by atoms with Gasteiger partial charge in [-0.2, -0.15) is 0 Å². The molecular formula is C13H22IN3O2. The van der Waals surface area contributed by atoms with Crippen LogP contribution in [0.1, 0.15) is 19.1 Å². The van der Waals surface area contributed by atoms with Crippen molar-refractivity contribution in [3.63, 3.8) is 0 Å². The van der Waals surface area contributed by atoms with E-state index in [1.54, 1.807) is 6.26 Å². The molecule has 5 nitrogen and oxygen atoms in total. The van der Waals surface area contributed by atoms with Crippen LogP contribution in [0.4, 0.5) is 0 Å². The lowest BCUT2D eigenvalue weighted by Gasteiger charge is -2.20. The zero-order valence-corrected chi connectivity index (χ0v) is 13.5. The van der Waals surface area contributed by atoms with Gasteiger partial charge in [0, 0.05) is 32.6 Å². The normalized spacial score (nSPS) is 19.4. The number of hydrogen-bond donors (Lipinski definition) is 2. The highest BCUT2D eigenvalue weighted by Gasteiger charge is 2.22. The van der Waals surface area contributed by atoms with Crippen molar-refractivity contribution in [1.82, 2.24) is 10.2 Å². The van der Waals surface area contributed by atoms with E-state index in [1.165, 1.54) is 0 Å². The summed E-state index contributed by atoms with van der Waals surface area (Å²) >= 11 is 0. The van der Waals surface area contributed by atoms with Crippen LogP contribution in [0.5, 0.6) is 0 Å². The molecule has 0 amide bonds. The highest BCUT2D eigenvalue weighted by Crippen LogP contribution is 2.09. The van der Waals surface area contributed by atoms with E-state index in [9.17, 15) is 5.11 Å². The Morgan fingerprint density at radius 3 is 3.05 bits per heavy atom. The summed E-state index contributed by atoms with van der Waals surface area (Å²) in [6.07, 6.45) is 3.08. The first-order valence-electron chi connectivity index (χ1n) is 6.53. The van der Waals surface area contributed by atoms with Crippen molar-refractivity contribution in [3.8, 4) is 0 Å². The Morgan fingerprint density at radius 1 is 1.63 bits per heavy atom. The van der Waals surface area contributed by atoms with E-state index in [4.69, 9.17) is 4.42 Å². The van der Waals surface area contributed by atoms with Crippen molar-refractivity contribution in [2.75, 3.05) is 26.2 Å². The van der Waals surface area contributed by atoms with Crippen LogP contribution in [0.3, 0.4) is 0 Å². The van der Waals surface area contributed by atoms with Gasteiger partial charge in [0.15, 0.2) is 5.96 Å². The highest BCUT2D eigenvalue weighted by molar-refractivity contribution is 14.0. The minimum absolute atomic E-state index is 0. The fraction of sp³-hybridized carbons (Fsp3) is 0.615. The van der Waals surface area contributed by atoms with Crippen LogP contribution < -0.4 is 5.32 Å². The van der Waals surface area contributed by atoms with Gasteiger partial charge < -0.3 is 19.7 Å². The maximum atomic E-state index is 9.55. The molecule has 1 fully saturated rings.